The monoisotopic (exact) mass is 308 g/mol. The minimum absolute atomic E-state index is 0. The molecule has 0 aromatic rings. The van der Waals surface area contributed by atoms with Crippen LogP contribution in [0.15, 0.2) is 0 Å². The van der Waals surface area contributed by atoms with Gasteiger partial charge >= 0.3 is 41.4 Å². The van der Waals surface area contributed by atoms with Gasteiger partial charge in [0.1, 0.15) is 0 Å². The molecule has 86 valence electrons. The topological polar surface area (TPSA) is 189 Å². The zero-order valence-electron chi connectivity index (χ0n) is 4.88. The normalized spacial score (nSPS) is 4.09. The third-order valence-corrected chi connectivity index (χ3v) is 0. The molecule has 0 bridgehead atoms. The molecule has 0 heterocycles. The van der Waals surface area contributed by atoms with Crippen molar-refractivity contribution in [3.63, 3.8) is 0 Å². The van der Waals surface area contributed by atoms with E-state index in [4.69, 9.17) is 30.4 Å². The van der Waals surface area contributed by atoms with Crippen LogP contribution in [0.2, 0.25) is 0 Å². The molecule has 12 N–H and O–H groups in total. The summed E-state index contributed by atoms with van der Waals surface area (Å²) < 4.78 is 0. The van der Waals surface area contributed by atoms with Gasteiger partial charge in [0.05, 0.1) is 0 Å². The van der Waals surface area contributed by atoms with Gasteiger partial charge in [-0.3, -0.25) is 0 Å². The fourth-order valence-electron chi connectivity index (χ4n) is 0. The third-order valence-electron chi connectivity index (χ3n) is 0. The van der Waals surface area contributed by atoms with E-state index in [2.05, 4.69) is 0 Å². The van der Waals surface area contributed by atoms with Crippen molar-refractivity contribution in [1.29, 1.82) is 0 Å². The van der Waals surface area contributed by atoms with Crippen molar-refractivity contribution < 1.29 is 43.8 Å². The molecule has 0 aliphatic heterocycles. The molecule has 0 atom stereocenters. The number of halogens is 4. The van der Waals surface area contributed by atoms with Gasteiger partial charge in [-0.1, -0.05) is 0 Å². The molecule has 0 aliphatic carbocycles. The molecule has 0 aromatic heterocycles. The summed E-state index contributed by atoms with van der Waals surface area (Å²) in [5.41, 5.74) is 0. The number of hydrogen-bond acceptors (Lipinski definition) is 0. The Bertz CT molecular complexity index is 19.3. The van der Waals surface area contributed by atoms with Crippen LogP contribution in [-0.2, 0) is 10.9 Å². The standard InChI is InChI=1S/4ClH.Co.6H2O/h4*1H;;6*1H2/q;;;;+3;;;;;;/p-3. The molecule has 0 aromatic carbocycles. The Morgan fingerprint density at radius 2 is 0.545 bits per heavy atom. The van der Waals surface area contributed by atoms with Gasteiger partial charge in [0, 0.05) is 0 Å². The quantitative estimate of drug-likeness (QED) is 0.459. The van der Waals surface area contributed by atoms with Crippen molar-refractivity contribution in [3.8, 4) is 0 Å². The maximum absolute atomic E-state index is 4.87. The number of rotatable bonds is 0. The van der Waals surface area contributed by atoms with Crippen molar-refractivity contribution in [2.75, 3.05) is 0 Å². The Labute approximate surface area is 86.6 Å². The molecule has 11 heteroatoms. The second-order valence-corrected chi connectivity index (χ2v) is 5.30. The predicted molar refractivity (Wildman–Crippen MR) is 46.5 cm³/mol. The first-order valence-electron chi connectivity index (χ1n) is 0.378. The van der Waals surface area contributed by atoms with Crippen LogP contribution in [0.1, 0.15) is 0 Å². The van der Waals surface area contributed by atoms with Gasteiger partial charge in [0.25, 0.3) is 0 Å². The van der Waals surface area contributed by atoms with Crippen LogP contribution < -0.4 is 0 Å². The Hall–Kier alpha value is 1.43. The first-order chi connectivity index (χ1) is 1.73. The third kappa shape index (κ3) is 499. The molecule has 0 unspecified atom stereocenters. The Kier molecular flexibility index (Phi) is 477. The van der Waals surface area contributed by atoms with Crippen molar-refractivity contribution in [2.24, 2.45) is 0 Å². The molecular formula is H13Cl4CoO6. The first kappa shape index (κ1) is 82.8. The Morgan fingerprint density at radius 1 is 0.545 bits per heavy atom. The predicted octanol–water partition coefficient (Wildman–Crippen LogP) is -2.46. The molecule has 6 nitrogen and oxygen atoms in total. The van der Waals surface area contributed by atoms with E-state index in [1.807, 2.05) is 0 Å². The van der Waals surface area contributed by atoms with E-state index >= 15 is 0 Å². The average Bonchev–Trinajstić information content (AvgIpc) is 0.811. The zero-order valence-corrected chi connectivity index (χ0v) is 9.00. The van der Waals surface area contributed by atoms with Crippen LogP contribution in [0.25, 0.3) is 0 Å². The summed E-state index contributed by atoms with van der Waals surface area (Å²) >= 11 is 0. The number of hydrogen-bond donors (Lipinski definition) is 0. The first-order valence-corrected chi connectivity index (χ1v) is 4.68. The van der Waals surface area contributed by atoms with Gasteiger partial charge in [-0.2, -0.15) is 0 Å². The van der Waals surface area contributed by atoms with E-state index < -0.39 is 10.9 Å². The summed E-state index contributed by atoms with van der Waals surface area (Å²) in [6.45, 7) is 0. The Morgan fingerprint density at radius 3 is 0.545 bits per heavy atom. The van der Waals surface area contributed by atoms with Crippen molar-refractivity contribution in [2.45, 2.75) is 0 Å². The van der Waals surface area contributed by atoms with E-state index in [9.17, 15) is 0 Å². The summed E-state index contributed by atoms with van der Waals surface area (Å²) in [5, 5.41) is 0. The summed E-state index contributed by atoms with van der Waals surface area (Å²) in [5.74, 6) is 0. The van der Waals surface area contributed by atoms with Gasteiger partial charge in [-0.25, -0.2) is 0 Å². The van der Waals surface area contributed by atoms with E-state index in [0.29, 0.717) is 0 Å². The second kappa shape index (κ2) is 63.4. The van der Waals surface area contributed by atoms with Crippen LogP contribution in [0, 0.1) is 0 Å². The second-order valence-electron chi connectivity index (χ2n) is 0.143. The molecule has 0 rings (SSSR count). The van der Waals surface area contributed by atoms with Crippen molar-refractivity contribution >= 4 is 42.8 Å². The molecule has 0 amide bonds. The van der Waals surface area contributed by atoms with E-state index in [0.717, 1.165) is 0 Å². The molecule has 0 saturated carbocycles. The molecular weight excluding hydrogens is 297 g/mol. The van der Waals surface area contributed by atoms with Gasteiger partial charge in [0.15, 0.2) is 0 Å². The minimum atomic E-state index is -1.19. The summed E-state index contributed by atoms with van der Waals surface area (Å²) in [4.78, 5) is 0. The van der Waals surface area contributed by atoms with Crippen molar-refractivity contribution in [3.05, 3.63) is 0 Å². The summed E-state index contributed by atoms with van der Waals surface area (Å²) in [6, 6.07) is 0. The van der Waals surface area contributed by atoms with Crippen LogP contribution >= 0.6 is 42.8 Å². The van der Waals surface area contributed by atoms with E-state index in [-0.39, 0.29) is 45.3 Å². The van der Waals surface area contributed by atoms with Gasteiger partial charge < -0.3 is 32.9 Å². The fourth-order valence-corrected chi connectivity index (χ4v) is 0. The van der Waals surface area contributed by atoms with E-state index in [1.54, 1.807) is 0 Å². The zero-order chi connectivity index (χ0) is 3.58. The van der Waals surface area contributed by atoms with Crippen LogP contribution in [0.3, 0.4) is 0 Å². The van der Waals surface area contributed by atoms with Gasteiger partial charge in [0.2, 0.25) is 0 Å². The molecule has 0 fully saturated rings. The fraction of sp³-hybridized carbons (Fsp3) is 0. The molecule has 0 saturated heterocycles. The maximum atomic E-state index is 4.87. The SMILES string of the molecule is Cl.O.O.O.O.O.O.[Cl][Co]([Cl])[Cl]. The Balaban J connectivity index is -0.00000000214. The van der Waals surface area contributed by atoms with Gasteiger partial charge in [-0.15, -0.1) is 12.4 Å². The molecule has 0 spiro atoms. The summed E-state index contributed by atoms with van der Waals surface area (Å²) in [6.07, 6.45) is 0. The average molecular weight is 310 g/mol. The van der Waals surface area contributed by atoms with E-state index in [1.165, 1.54) is 0 Å². The van der Waals surface area contributed by atoms with Crippen LogP contribution in [0.4, 0.5) is 0 Å². The van der Waals surface area contributed by atoms with Crippen molar-refractivity contribution in [1.82, 2.24) is 0 Å². The molecule has 0 aliphatic rings. The van der Waals surface area contributed by atoms with Gasteiger partial charge in [-0.05, 0) is 0 Å². The van der Waals surface area contributed by atoms with Crippen LogP contribution in [0.5, 0.6) is 0 Å². The summed E-state index contributed by atoms with van der Waals surface area (Å²) in [7, 11) is 13.4. The molecule has 0 radical (unpaired) electrons. The molecule has 11 heavy (non-hydrogen) atoms. The van der Waals surface area contributed by atoms with Crippen LogP contribution in [-0.4, -0.2) is 32.9 Å².